The van der Waals surface area contributed by atoms with Crippen LogP contribution in [0.15, 0.2) is 23.1 Å². The molecule has 0 bridgehead atoms. The Morgan fingerprint density at radius 2 is 2.03 bits per heavy atom. The maximum atomic E-state index is 13.2. The molecule has 3 aromatic rings. The number of carbonyl (C=O) groups is 1. The van der Waals surface area contributed by atoms with E-state index in [4.69, 9.17) is 0 Å². The Morgan fingerprint density at radius 1 is 1.30 bits per heavy atom. The fourth-order valence-corrected chi connectivity index (χ4v) is 3.19. The maximum absolute atomic E-state index is 13.2. The molecule has 0 unspecified atom stereocenters. The highest BCUT2D eigenvalue weighted by molar-refractivity contribution is 5.96. The third-order valence-corrected chi connectivity index (χ3v) is 4.65. The second-order valence-electron chi connectivity index (χ2n) is 8.81. The standard InChI is InChI=1S/C20H25N7O3/c1-11-21-8-7-13(22-11)24-14-9-15-26(10-20(2,3)4)18(29)16(19(30)27(15)25-14)17(28)23-12-5-6-12/h7-9,12,30H,5-6,10H2,1-4H3,(H,23,28)(H,21,22,24,25). The zero-order valence-electron chi connectivity index (χ0n) is 17.4. The second kappa shape index (κ2) is 7.12. The number of anilines is 2. The van der Waals surface area contributed by atoms with Crippen LogP contribution in [0.1, 0.15) is 49.8 Å². The van der Waals surface area contributed by atoms with Crippen LogP contribution in [-0.2, 0) is 6.54 Å². The van der Waals surface area contributed by atoms with Gasteiger partial charge in [0.2, 0.25) is 5.88 Å². The molecule has 0 atom stereocenters. The predicted molar refractivity (Wildman–Crippen MR) is 111 cm³/mol. The van der Waals surface area contributed by atoms with Crippen LogP contribution in [0.25, 0.3) is 5.65 Å². The van der Waals surface area contributed by atoms with Crippen LogP contribution in [0.2, 0.25) is 0 Å². The average Bonchev–Trinajstić information content (AvgIpc) is 3.34. The van der Waals surface area contributed by atoms with Gasteiger partial charge >= 0.3 is 0 Å². The van der Waals surface area contributed by atoms with Gasteiger partial charge < -0.3 is 15.7 Å². The lowest BCUT2D eigenvalue weighted by molar-refractivity contribution is 0.0944. The minimum atomic E-state index is -0.582. The van der Waals surface area contributed by atoms with Crippen LogP contribution in [0, 0.1) is 12.3 Å². The number of aryl methyl sites for hydroxylation is 1. The number of amides is 1. The minimum absolute atomic E-state index is 0.0546. The number of nitrogens with one attached hydrogen (secondary N) is 2. The van der Waals surface area contributed by atoms with E-state index in [9.17, 15) is 14.7 Å². The van der Waals surface area contributed by atoms with Crippen LogP contribution in [0.4, 0.5) is 11.6 Å². The van der Waals surface area contributed by atoms with E-state index in [0.717, 1.165) is 12.8 Å². The van der Waals surface area contributed by atoms with Gasteiger partial charge in [-0.25, -0.2) is 9.97 Å². The van der Waals surface area contributed by atoms with E-state index in [2.05, 4.69) is 25.7 Å². The molecule has 1 aliphatic carbocycles. The second-order valence-corrected chi connectivity index (χ2v) is 8.81. The third kappa shape index (κ3) is 3.98. The summed E-state index contributed by atoms with van der Waals surface area (Å²) in [6.45, 7) is 8.09. The van der Waals surface area contributed by atoms with Crippen LogP contribution in [0.3, 0.4) is 0 Å². The molecular formula is C20H25N7O3. The molecule has 4 rings (SSSR count). The molecule has 30 heavy (non-hydrogen) atoms. The molecule has 3 N–H and O–H groups in total. The van der Waals surface area contributed by atoms with Crippen molar-refractivity contribution in [2.45, 2.75) is 53.1 Å². The van der Waals surface area contributed by atoms with Crippen LogP contribution >= 0.6 is 0 Å². The van der Waals surface area contributed by atoms with Crippen molar-refractivity contribution in [3.8, 4) is 5.88 Å². The zero-order chi connectivity index (χ0) is 21.6. The SMILES string of the molecule is Cc1nccc(Nc2cc3n(CC(C)(C)C)c(=O)c(C(=O)NC4CC4)c(O)n3n2)n1. The molecule has 0 aromatic carbocycles. The Morgan fingerprint density at radius 3 is 2.67 bits per heavy atom. The van der Waals surface area contributed by atoms with E-state index in [0.29, 0.717) is 29.7 Å². The summed E-state index contributed by atoms with van der Waals surface area (Å²) < 4.78 is 2.69. The van der Waals surface area contributed by atoms with Crippen LogP contribution < -0.4 is 16.2 Å². The van der Waals surface area contributed by atoms with Crippen molar-refractivity contribution in [1.82, 2.24) is 29.5 Å². The maximum Gasteiger partial charge on any atom is 0.270 e. The Bertz CT molecular complexity index is 1190. The van der Waals surface area contributed by atoms with Crippen LogP contribution in [0.5, 0.6) is 5.88 Å². The Hall–Kier alpha value is -3.43. The van der Waals surface area contributed by atoms with Gasteiger partial charge in [-0.1, -0.05) is 20.8 Å². The number of hydrogen-bond donors (Lipinski definition) is 3. The van der Waals surface area contributed by atoms with Gasteiger partial charge in [0.25, 0.3) is 11.5 Å². The molecule has 0 saturated heterocycles. The first kappa shape index (κ1) is 19.9. The molecule has 1 aliphatic rings. The third-order valence-electron chi connectivity index (χ3n) is 4.65. The number of fused-ring (bicyclic) bond motifs is 1. The van der Waals surface area contributed by atoms with Crippen molar-refractivity contribution in [3.05, 3.63) is 40.1 Å². The van der Waals surface area contributed by atoms with Crippen molar-refractivity contribution in [2.75, 3.05) is 5.32 Å². The monoisotopic (exact) mass is 411 g/mol. The van der Waals surface area contributed by atoms with Gasteiger partial charge in [0, 0.05) is 24.8 Å². The van der Waals surface area contributed by atoms with Gasteiger partial charge in [-0.3, -0.25) is 14.2 Å². The highest BCUT2D eigenvalue weighted by atomic mass is 16.3. The first-order valence-electron chi connectivity index (χ1n) is 9.85. The summed E-state index contributed by atoms with van der Waals surface area (Å²) in [6.07, 6.45) is 3.37. The highest BCUT2D eigenvalue weighted by Crippen LogP contribution is 2.25. The summed E-state index contributed by atoms with van der Waals surface area (Å²) in [6, 6.07) is 3.39. The molecule has 1 fully saturated rings. The molecule has 158 valence electrons. The van der Waals surface area contributed by atoms with Crippen molar-refractivity contribution in [3.63, 3.8) is 0 Å². The van der Waals surface area contributed by atoms with Gasteiger partial charge in [0.1, 0.15) is 17.3 Å². The van der Waals surface area contributed by atoms with Crippen molar-refractivity contribution in [1.29, 1.82) is 0 Å². The fourth-order valence-electron chi connectivity index (χ4n) is 3.19. The van der Waals surface area contributed by atoms with E-state index in [-0.39, 0.29) is 17.0 Å². The number of rotatable bonds is 5. The van der Waals surface area contributed by atoms with E-state index in [1.807, 2.05) is 20.8 Å². The summed E-state index contributed by atoms with van der Waals surface area (Å²) in [5.41, 5.74) is -0.708. The molecule has 0 radical (unpaired) electrons. The molecular weight excluding hydrogens is 386 g/mol. The number of carbonyl (C=O) groups excluding carboxylic acids is 1. The highest BCUT2D eigenvalue weighted by Gasteiger charge is 2.30. The van der Waals surface area contributed by atoms with Gasteiger partial charge in [0.05, 0.1) is 0 Å². The summed E-state index contributed by atoms with van der Waals surface area (Å²) >= 11 is 0. The lowest BCUT2D eigenvalue weighted by atomic mass is 9.97. The van der Waals surface area contributed by atoms with Gasteiger partial charge in [-0.15, -0.1) is 5.10 Å². The Kier molecular flexibility index (Phi) is 4.71. The zero-order valence-corrected chi connectivity index (χ0v) is 17.4. The van der Waals surface area contributed by atoms with E-state index in [1.54, 1.807) is 25.3 Å². The van der Waals surface area contributed by atoms with E-state index >= 15 is 0 Å². The molecule has 10 nitrogen and oxygen atoms in total. The van der Waals surface area contributed by atoms with Gasteiger partial charge in [-0.05, 0) is 31.2 Å². The Balaban J connectivity index is 1.85. The molecule has 3 heterocycles. The topological polar surface area (TPSA) is 126 Å². The number of hydrogen-bond acceptors (Lipinski definition) is 7. The van der Waals surface area contributed by atoms with E-state index in [1.165, 1.54) is 9.08 Å². The molecule has 1 saturated carbocycles. The number of aromatic hydroxyl groups is 1. The molecule has 10 heteroatoms. The van der Waals surface area contributed by atoms with Crippen molar-refractivity contribution >= 4 is 23.2 Å². The number of nitrogens with zero attached hydrogens (tertiary/aromatic N) is 5. The van der Waals surface area contributed by atoms with Crippen molar-refractivity contribution in [2.24, 2.45) is 5.41 Å². The summed E-state index contributed by atoms with van der Waals surface area (Å²) in [7, 11) is 0. The molecule has 3 aromatic heterocycles. The van der Waals surface area contributed by atoms with Gasteiger partial charge in [0.15, 0.2) is 11.4 Å². The van der Waals surface area contributed by atoms with Crippen molar-refractivity contribution < 1.29 is 9.90 Å². The molecule has 0 spiro atoms. The first-order valence-corrected chi connectivity index (χ1v) is 9.85. The largest absolute Gasteiger partial charge is 0.492 e. The lowest BCUT2D eigenvalue weighted by Gasteiger charge is -2.21. The lowest BCUT2D eigenvalue weighted by Crippen LogP contribution is -2.37. The quantitative estimate of drug-likeness (QED) is 0.586. The summed E-state index contributed by atoms with van der Waals surface area (Å²) in [4.78, 5) is 34.2. The predicted octanol–water partition coefficient (Wildman–Crippen LogP) is 1.98. The minimum Gasteiger partial charge on any atom is -0.492 e. The smallest absolute Gasteiger partial charge is 0.270 e. The van der Waals surface area contributed by atoms with E-state index < -0.39 is 17.3 Å². The molecule has 1 amide bonds. The Labute approximate surface area is 173 Å². The first-order chi connectivity index (χ1) is 14.1. The average molecular weight is 411 g/mol. The van der Waals surface area contributed by atoms with Crippen LogP contribution in [-0.4, -0.2) is 41.2 Å². The number of aromatic nitrogens is 5. The molecule has 0 aliphatic heterocycles. The normalized spacial score (nSPS) is 14.1. The summed E-state index contributed by atoms with van der Waals surface area (Å²) in [5.74, 6) is 0.438. The summed E-state index contributed by atoms with van der Waals surface area (Å²) in [5, 5.41) is 20.9. The fraction of sp³-hybridized carbons (Fsp3) is 0.450. The van der Waals surface area contributed by atoms with Gasteiger partial charge in [-0.2, -0.15) is 4.52 Å².